The van der Waals surface area contributed by atoms with Gasteiger partial charge in [0.05, 0.1) is 11.5 Å². The normalized spacial score (nSPS) is 12.2. The molecule has 0 aliphatic heterocycles. The van der Waals surface area contributed by atoms with Crippen LogP contribution in [0.5, 0.6) is 0 Å². The van der Waals surface area contributed by atoms with Gasteiger partial charge < -0.3 is 21.3 Å². The predicted molar refractivity (Wildman–Crippen MR) is 73.2 cm³/mol. The van der Waals surface area contributed by atoms with E-state index in [4.69, 9.17) is 10.8 Å². The third-order valence-corrected chi connectivity index (χ3v) is 3.01. The summed E-state index contributed by atoms with van der Waals surface area (Å²) in [7, 11) is 0. The fourth-order valence-electron chi connectivity index (χ4n) is 1.96. The quantitative estimate of drug-likeness (QED) is 0.333. The van der Waals surface area contributed by atoms with Crippen LogP contribution in [0.4, 0.5) is 17.1 Å². The van der Waals surface area contributed by atoms with Crippen LogP contribution in [0.2, 0.25) is 0 Å². The van der Waals surface area contributed by atoms with Crippen LogP contribution < -0.4 is 11.1 Å². The highest BCUT2D eigenvalue weighted by Gasteiger charge is 2.24. The summed E-state index contributed by atoms with van der Waals surface area (Å²) in [6, 6.07) is 3.23. The molecule has 0 saturated carbocycles. The molecule has 7 nitrogen and oxygen atoms in total. The molecule has 0 aromatic heterocycles. The van der Waals surface area contributed by atoms with Crippen LogP contribution >= 0.6 is 0 Å². The molecule has 1 rings (SSSR count). The summed E-state index contributed by atoms with van der Waals surface area (Å²) < 4.78 is 0. The van der Waals surface area contributed by atoms with Crippen molar-refractivity contribution in [2.45, 2.75) is 19.3 Å². The number of nitro benzene ring substituents is 1. The number of nitro groups is 1. The van der Waals surface area contributed by atoms with Gasteiger partial charge in [-0.15, -0.1) is 0 Å². The number of nitrogens with zero attached hydrogens (tertiary/aromatic N) is 1. The number of rotatable bonds is 7. The van der Waals surface area contributed by atoms with Gasteiger partial charge in [0.25, 0.3) is 0 Å². The first-order chi connectivity index (χ1) is 9.06. The molecule has 0 amide bonds. The molecule has 1 unspecified atom stereocenters. The van der Waals surface area contributed by atoms with Gasteiger partial charge in [-0.1, -0.05) is 13.0 Å². The van der Waals surface area contributed by atoms with Crippen molar-refractivity contribution in [1.29, 1.82) is 0 Å². The highest BCUT2D eigenvalue weighted by molar-refractivity contribution is 5.77. The van der Waals surface area contributed by atoms with Gasteiger partial charge in [-0.3, -0.25) is 10.1 Å². The lowest BCUT2D eigenvalue weighted by molar-refractivity contribution is -0.383. The zero-order valence-corrected chi connectivity index (χ0v) is 10.8. The Morgan fingerprint density at radius 1 is 1.47 bits per heavy atom. The molecule has 0 heterocycles. The van der Waals surface area contributed by atoms with E-state index in [9.17, 15) is 15.2 Å². The van der Waals surface area contributed by atoms with E-state index >= 15 is 0 Å². The number of aliphatic hydroxyl groups is 2. The number of nitrogens with two attached hydrogens (primary N) is 1. The van der Waals surface area contributed by atoms with Gasteiger partial charge in [0, 0.05) is 19.1 Å². The molecule has 0 radical (unpaired) electrons. The summed E-state index contributed by atoms with van der Waals surface area (Å²) in [6.45, 7) is 1.84. The number of nitrogens with one attached hydrogen (secondary N) is 1. The van der Waals surface area contributed by atoms with Crippen molar-refractivity contribution in [3.8, 4) is 0 Å². The molecule has 7 heteroatoms. The molecule has 0 spiro atoms. The number of anilines is 2. The minimum absolute atomic E-state index is 0.0637. The summed E-state index contributed by atoms with van der Waals surface area (Å²) in [4.78, 5) is 10.6. The van der Waals surface area contributed by atoms with Crippen molar-refractivity contribution < 1.29 is 15.1 Å². The Balaban J connectivity index is 3.26. The van der Waals surface area contributed by atoms with Crippen molar-refractivity contribution >= 4 is 17.1 Å². The van der Waals surface area contributed by atoms with Crippen molar-refractivity contribution in [1.82, 2.24) is 0 Å². The van der Waals surface area contributed by atoms with Gasteiger partial charge in [-0.05, 0) is 18.1 Å². The van der Waals surface area contributed by atoms with Gasteiger partial charge in [0.15, 0.2) is 0 Å². The second-order valence-electron chi connectivity index (χ2n) is 4.16. The first kappa shape index (κ1) is 15.2. The third kappa shape index (κ3) is 3.33. The van der Waals surface area contributed by atoms with Crippen molar-refractivity contribution in [2.24, 2.45) is 0 Å². The summed E-state index contributed by atoms with van der Waals surface area (Å²) in [5.41, 5.74) is 6.55. The van der Waals surface area contributed by atoms with Crippen LogP contribution in [0.1, 0.15) is 24.8 Å². The second kappa shape index (κ2) is 6.91. The van der Waals surface area contributed by atoms with E-state index in [2.05, 4.69) is 5.32 Å². The number of aliphatic hydroxyl groups excluding tert-OH is 2. The molecule has 106 valence electrons. The topological polar surface area (TPSA) is 122 Å². The second-order valence-corrected chi connectivity index (χ2v) is 4.16. The number of hydrogen-bond donors (Lipinski definition) is 4. The molecular weight excluding hydrogens is 250 g/mol. The summed E-state index contributed by atoms with van der Waals surface area (Å²) in [5, 5.41) is 31.9. The summed E-state index contributed by atoms with van der Waals surface area (Å²) in [6.07, 6.45) is 0.640. The average molecular weight is 269 g/mol. The lowest BCUT2D eigenvalue weighted by atomic mass is 9.94. The Morgan fingerprint density at radius 2 is 2.16 bits per heavy atom. The maximum absolute atomic E-state index is 11.1. The van der Waals surface area contributed by atoms with Gasteiger partial charge in [0.1, 0.15) is 11.4 Å². The molecule has 0 bridgehead atoms. The predicted octanol–water partition coefficient (Wildman–Crippen LogP) is 1.07. The minimum atomic E-state index is -0.553. The van der Waals surface area contributed by atoms with E-state index in [1.54, 1.807) is 12.1 Å². The monoisotopic (exact) mass is 269 g/mol. The van der Waals surface area contributed by atoms with Crippen LogP contribution in [0.25, 0.3) is 0 Å². The molecular formula is C12H19N3O4. The van der Waals surface area contributed by atoms with Gasteiger partial charge in [-0.2, -0.15) is 0 Å². The molecule has 0 saturated heterocycles. The lowest BCUT2D eigenvalue weighted by Crippen LogP contribution is -2.12. The van der Waals surface area contributed by atoms with E-state index in [0.717, 1.165) is 0 Å². The minimum Gasteiger partial charge on any atom is -0.396 e. The fraction of sp³-hybridized carbons (Fsp3) is 0.500. The Morgan fingerprint density at radius 3 is 2.63 bits per heavy atom. The largest absolute Gasteiger partial charge is 0.396 e. The van der Waals surface area contributed by atoms with Crippen molar-refractivity contribution in [3.63, 3.8) is 0 Å². The number of benzene rings is 1. The van der Waals surface area contributed by atoms with Crippen LogP contribution in [-0.4, -0.2) is 34.9 Å². The average Bonchev–Trinajstić information content (AvgIpc) is 2.39. The smallest absolute Gasteiger partial charge is 0.315 e. The SMILES string of the molecule is CCC(CO)c1ccc(NCCO)c([N+](=O)[O-])c1N. The van der Waals surface area contributed by atoms with Crippen molar-refractivity contribution in [3.05, 3.63) is 27.8 Å². The maximum atomic E-state index is 11.1. The first-order valence-corrected chi connectivity index (χ1v) is 6.09. The zero-order valence-electron chi connectivity index (χ0n) is 10.8. The Kier molecular flexibility index (Phi) is 5.53. The highest BCUT2D eigenvalue weighted by atomic mass is 16.6. The Hall–Kier alpha value is -1.86. The molecule has 0 fully saturated rings. The first-order valence-electron chi connectivity index (χ1n) is 6.09. The van der Waals surface area contributed by atoms with E-state index in [1.807, 2.05) is 6.92 Å². The standard InChI is InChI=1S/C12H19N3O4/c1-2-8(7-17)9-3-4-10(14-5-6-16)12(11(9)13)15(18)19/h3-4,8,14,16-17H,2,5-7,13H2,1H3. The van der Waals surface area contributed by atoms with Gasteiger partial charge >= 0.3 is 5.69 Å². The van der Waals surface area contributed by atoms with E-state index in [-0.39, 0.29) is 42.7 Å². The zero-order chi connectivity index (χ0) is 14.4. The molecule has 19 heavy (non-hydrogen) atoms. The highest BCUT2D eigenvalue weighted by Crippen LogP contribution is 2.37. The van der Waals surface area contributed by atoms with Crippen molar-refractivity contribution in [2.75, 3.05) is 30.8 Å². The number of nitrogen functional groups attached to an aromatic ring is 1. The molecule has 1 atom stereocenters. The fourth-order valence-corrected chi connectivity index (χ4v) is 1.96. The maximum Gasteiger partial charge on any atom is 0.315 e. The van der Waals surface area contributed by atoms with E-state index in [0.29, 0.717) is 12.0 Å². The van der Waals surface area contributed by atoms with Crippen LogP contribution in [0.3, 0.4) is 0 Å². The molecule has 0 aliphatic carbocycles. The molecule has 0 aliphatic rings. The number of hydrogen-bond acceptors (Lipinski definition) is 6. The van der Waals surface area contributed by atoms with Gasteiger partial charge in [-0.25, -0.2) is 0 Å². The summed E-state index contributed by atoms with van der Waals surface area (Å²) in [5.74, 6) is -0.217. The lowest BCUT2D eigenvalue weighted by Gasteiger charge is -2.16. The Bertz CT molecular complexity index is 447. The summed E-state index contributed by atoms with van der Waals surface area (Å²) >= 11 is 0. The van der Waals surface area contributed by atoms with Crippen LogP contribution in [0.15, 0.2) is 12.1 Å². The van der Waals surface area contributed by atoms with Gasteiger partial charge in [0.2, 0.25) is 0 Å². The van der Waals surface area contributed by atoms with Crippen LogP contribution in [-0.2, 0) is 0 Å². The van der Waals surface area contributed by atoms with Crippen LogP contribution in [0, 0.1) is 10.1 Å². The molecule has 1 aromatic rings. The Labute approximate surface area is 111 Å². The third-order valence-electron chi connectivity index (χ3n) is 3.01. The van der Waals surface area contributed by atoms with E-state index < -0.39 is 4.92 Å². The van der Waals surface area contributed by atoms with E-state index in [1.165, 1.54) is 0 Å². The molecule has 1 aromatic carbocycles. The molecule has 5 N–H and O–H groups in total.